The van der Waals surface area contributed by atoms with Gasteiger partial charge in [0.1, 0.15) is 11.9 Å². The number of fused-ring (bicyclic) bond motifs is 3. The molecule has 1 aromatic carbocycles. The molecule has 0 fully saturated rings. The minimum atomic E-state index is 0.305. The molecular formula is C13H8BrN3. The Bertz CT molecular complexity index is 671. The highest BCUT2D eigenvalue weighted by Gasteiger charge is 2.23. The third kappa shape index (κ3) is 1.43. The first-order valence-corrected chi connectivity index (χ1v) is 5.97. The summed E-state index contributed by atoms with van der Waals surface area (Å²) in [7, 11) is 0. The van der Waals surface area contributed by atoms with Crippen molar-refractivity contribution in [2.75, 3.05) is 5.73 Å². The van der Waals surface area contributed by atoms with E-state index in [0.717, 1.165) is 27.7 Å². The van der Waals surface area contributed by atoms with Crippen molar-refractivity contribution in [3.63, 3.8) is 0 Å². The zero-order valence-electron chi connectivity index (χ0n) is 8.87. The number of hydrogen-bond acceptors (Lipinski definition) is 3. The first-order chi connectivity index (χ1) is 8.20. The maximum atomic E-state index is 8.94. The lowest BCUT2D eigenvalue weighted by Gasteiger charge is -2.03. The summed E-state index contributed by atoms with van der Waals surface area (Å²) >= 11 is 3.54. The molecule has 0 atom stereocenters. The highest BCUT2D eigenvalue weighted by Crippen LogP contribution is 2.39. The highest BCUT2D eigenvalue weighted by molar-refractivity contribution is 9.10. The number of pyridine rings is 1. The minimum absolute atomic E-state index is 0.305. The summed E-state index contributed by atoms with van der Waals surface area (Å²) in [6, 6.07) is 9.93. The standard InChI is InChI=1S/C13H8BrN3/c14-11-3-1-2-9-10(11)5-7-4-8(6-15)13(16)17-12(7)9/h1-4H,5H2,(H2,16,17). The molecule has 1 aromatic heterocycles. The van der Waals surface area contributed by atoms with Gasteiger partial charge >= 0.3 is 0 Å². The molecular weight excluding hydrogens is 278 g/mol. The number of nitrogens with two attached hydrogens (primary N) is 1. The molecule has 2 aromatic rings. The molecule has 82 valence electrons. The van der Waals surface area contributed by atoms with Crippen LogP contribution in [0.15, 0.2) is 28.7 Å². The van der Waals surface area contributed by atoms with E-state index in [2.05, 4.69) is 27.0 Å². The van der Waals surface area contributed by atoms with E-state index in [4.69, 9.17) is 11.0 Å². The Morgan fingerprint density at radius 2 is 2.24 bits per heavy atom. The van der Waals surface area contributed by atoms with E-state index in [1.807, 2.05) is 24.3 Å². The summed E-state index contributed by atoms with van der Waals surface area (Å²) in [5.74, 6) is 0.305. The van der Waals surface area contributed by atoms with Gasteiger partial charge in [-0.3, -0.25) is 0 Å². The number of nitrogens with zero attached hydrogens (tertiary/aromatic N) is 2. The van der Waals surface area contributed by atoms with Crippen LogP contribution in [0.5, 0.6) is 0 Å². The Morgan fingerprint density at radius 3 is 3.00 bits per heavy atom. The summed E-state index contributed by atoms with van der Waals surface area (Å²) in [5.41, 5.74) is 10.5. The van der Waals surface area contributed by atoms with Crippen molar-refractivity contribution in [3.8, 4) is 17.3 Å². The first kappa shape index (κ1) is 10.3. The molecule has 4 heteroatoms. The van der Waals surface area contributed by atoms with E-state index in [1.165, 1.54) is 5.56 Å². The fraction of sp³-hybridized carbons (Fsp3) is 0.0769. The van der Waals surface area contributed by atoms with Gasteiger partial charge in [0.2, 0.25) is 0 Å². The minimum Gasteiger partial charge on any atom is -0.383 e. The molecule has 1 aliphatic rings. The number of nitrogen functional groups attached to an aromatic ring is 1. The molecule has 0 unspecified atom stereocenters. The third-order valence-corrected chi connectivity index (χ3v) is 3.74. The average Bonchev–Trinajstić information content (AvgIpc) is 2.68. The Balaban J connectivity index is 2.28. The topological polar surface area (TPSA) is 62.7 Å². The fourth-order valence-corrected chi connectivity index (χ4v) is 2.68. The summed E-state index contributed by atoms with van der Waals surface area (Å²) in [6.07, 6.45) is 0.800. The van der Waals surface area contributed by atoms with Gasteiger partial charge < -0.3 is 5.73 Å². The number of halogens is 1. The van der Waals surface area contributed by atoms with Crippen molar-refractivity contribution in [1.82, 2.24) is 4.98 Å². The molecule has 0 saturated heterocycles. The molecule has 0 amide bonds. The van der Waals surface area contributed by atoms with Crippen molar-refractivity contribution in [2.45, 2.75) is 6.42 Å². The van der Waals surface area contributed by atoms with Gasteiger partial charge in [0.15, 0.2) is 0 Å². The quantitative estimate of drug-likeness (QED) is 0.691. The van der Waals surface area contributed by atoms with Crippen LogP contribution >= 0.6 is 15.9 Å². The van der Waals surface area contributed by atoms with Crippen molar-refractivity contribution in [2.24, 2.45) is 0 Å². The van der Waals surface area contributed by atoms with E-state index < -0.39 is 0 Å². The molecule has 2 N–H and O–H groups in total. The predicted molar refractivity (Wildman–Crippen MR) is 69.3 cm³/mol. The second-order valence-corrected chi connectivity index (χ2v) is 4.84. The summed E-state index contributed by atoms with van der Waals surface area (Å²) in [5, 5.41) is 8.94. The number of benzene rings is 1. The smallest absolute Gasteiger partial charge is 0.142 e. The molecule has 17 heavy (non-hydrogen) atoms. The van der Waals surface area contributed by atoms with Crippen molar-refractivity contribution in [1.29, 1.82) is 5.26 Å². The van der Waals surface area contributed by atoms with Crippen molar-refractivity contribution < 1.29 is 0 Å². The van der Waals surface area contributed by atoms with Crippen LogP contribution in [0.2, 0.25) is 0 Å². The first-order valence-electron chi connectivity index (χ1n) is 5.18. The molecule has 3 rings (SSSR count). The summed E-state index contributed by atoms with van der Waals surface area (Å²) in [6.45, 7) is 0. The SMILES string of the molecule is N#Cc1cc2c(nc1N)-c1cccc(Br)c1C2. The van der Waals surface area contributed by atoms with Crippen LogP contribution in [-0.4, -0.2) is 4.98 Å². The van der Waals surface area contributed by atoms with E-state index >= 15 is 0 Å². The number of nitriles is 1. The lowest BCUT2D eigenvalue weighted by Crippen LogP contribution is -1.97. The Morgan fingerprint density at radius 1 is 1.41 bits per heavy atom. The maximum absolute atomic E-state index is 8.94. The van der Waals surface area contributed by atoms with Gasteiger partial charge in [-0.25, -0.2) is 4.98 Å². The Labute approximate surface area is 107 Å². The predicted octanol–water partition coefficient (Wildman–Crippen LogP) is 2.87. The Kier molecular flexibility index (Phi) is 2.17. The lowest BCUT2D eigenvalue weighted by molar-refractivity contribution is 1.21. The van der Waals surface area contributed by atoms with Crippen LogP contribution in [-0.2, 0) is 6.42 Å². The van der Waals surface area contributed by atoms with Gasteiger partial charge in [0.05, 0.1) is 11.3 Å². The van der Waals surface area contributed by atoms with Gasteiger partial charge in [0.25, 0.3) is 0 Å². The van der Waals surface area contributed by atoms with Crippen LogP contribution in [0.1, 0.15) is 16.7 Å². The molecule has 0 aliphatic heterocycles. The van der Waals surface area contributed by atoms with Gasteiger partial charge in [-0.2, -0.15) is 5.26 Å². The normalized spacial score (nSPS) is 11.8. The van der Waals surface area contributed by atoms with Crippen LogP contribution in [0.4, 0.5) is 5.82 Å². The van der Waals surface area contributed by atoms with Crippen LogP contribution < -0.4 is 5.73 Å². The van der Waals surface area contributed by atoms with Crippen molar-refractivity contribution >= 4 is 21.7 Å². The van der Waals surface area contributed by atoms with Crippen LogP contribution in [0, 0.1) is 11.3 Å². The summed E-state index contributed by atoms with van der Waals surface area (Å²) < 4.78 is 1.07. The van der Waals surface area contributed by atoms with Gasteiger partial charge in [0, 0.05) is 16.5 Å². The number of anilines is 1. The Hall–Kier alpha value is -1.86. The largest absolute Gasteiger partial charge is 0.383 e. The fourth-order valence-electron chi connectivity index (χ4n) is 2.18. The second kappa shape index (κ2) is 3.57. The monoisotopic (exact) mass is 285 g/mol. The van der Waals surface area contributed by atoms with Crippen LogP contribution in [0.25, 0.3) is 11.3 Å². The average molecular weight is 286 g/mol. The maximum Gasteiger partial charge on any atom is 0.142 e. The molecule has 1 heterocycles. The zero-order chi connectivity index (χ0) is 12.0. The van der Waals surface area contributed by atoms with Gasteiger partial charge in [-0.05, 0) is 23.3 Å². The molecule has 0 radical (unpaired) electrons. The van der Waals surface area contributed by atoms with Gasteiger partial charge in [-0.1, -0.05) is 28.1 Å². The van der Waals surface area contributed by atoms with E-state index in [9.17, 15) is 0 Å². The summed E-state index contributed by atoms with van der Waals surface area (Å²) in [4.78, 5) is 4.34. The molecule has 3 nitrogen and oxygen atoms in total. The number of hydrogen-bond donors (Lipinski definition) is 1. The zero-order valence-corrected chi connectivity index (χ0v) is 10.5. The lowest BCUT2D eigenvalue weighted by atomic mass is 10.1. The second-order valence-electron chi connectivity index (χ2n) is 3.98. The molecule has 0 saturated carbocycles. The molecule has 0 spiro atoms. The third-order valence-electron chi connectivity index (χ3n) is 2.99. The molecule has 1 aliphatic carbocycles. The van der Waals surface area contributed by atoms with Crippen LogP contribution in [0.3, 0.4) is 0 Å². The number of rotatable bonds is 0. The van der Waals surface area contributed by atoms with E-state index in [-0.39, 0.29) is 0 Å². The van der Waals surface area contributed by atoms with Crippen molar-refractivity contribution in [3.05, 3.63) is 45.4 Å². The van der Waals surface area contributed by atoms with E-state index in [1.54, 1.807) is 0 Å². The highest BCUT2D eigenvalue weighted by atomic mass is 79.9. The molecule has 0 bridgehead atoms. The number of aromatic nitrogens is 1. The van der Waals surface area contributed by atoms with E-state index in [0.29, 0.717) is 11.4 Å². The van der Waals surface area contributed by atoms with Gasteiger partial charge in [-0.15, -0.1) is 0 Å².